The number of para-hydroxylation sites is 2. The van der Waals surface area contributed by atoms with Crippen LogP contribution in [0.25, 0.3) is 0 Å². The second kappa shape index (κ2) is 4.36. The van der Waals surface area contributed by atoms with Gasteiger partial charge in [0.15, 0.2) is 11.5 Å². The first-order chi connectivity index (χ1) is 7.27. The molecular weight excluding hydrogens is 192 g/mol. The van der Waals surface area contributed by atoms with Crippen LogP contribution in [0.4, 0.5) is 0 Å². The maximum absolute atomic E-state index is 9.54. The highest BCUT2D eigenvalue weighted by Gasteiger charge is 2.17. The van der Waals surface area contributed by atoms with Gasteiger partial charge in [-0.15, -0.1) is 0 Å². The summed E-state index contributed by atoms with van der Waals surface area (Å²) in [7, 11) is 0. The molecule has 0 saturated carbocycles. The number of ether oxygens (including phenoxy) is 2. The van der Waals surface area contributed by atoms with E-state index in [1.807, 2.05) is 19.1 Å². The minimum absolute atomic E-state index is 0.0907. The van der Waals surface area contributed by atoms with E-state index in [4.69, 9.17) is 9.47 Å². The minimum atomic E-state index is -0.0907. The van der Waals surface area contributed by atoms with Gasteiger partial charge in [0, 0.05) is 0 Å². The fraction of sp³-hybridized carbons (Fsp3) is 0.333. The van der Waals surface area contributed by atoms with E-state index in [1.165, 1.54) is 0 Å². The van der Waals surface area contributed by atoms with Crippen molar-refractivity contribution in [2.75, 3.05) is 13.2 Å². The van der Waals surface area contributed by atoms with Crippen molar-refractivity contribution in [3.8, 4) is 11.5 Å². The number of hydrogen-bond donors (Lipinski definition) is 1. The Morgan fingerprint density at radius 3 is 2.93 bits per heavy atom. The zero-order chi connectivity index (χ0) is 10.7. The second-order valence-corrected chi connectivity index (χ2v) is 3.56. The monoisotopic (exact) mass is 206 g/mol. The first kappa shape index (κ1) is 10.1. The van der Waals surface area contributed by atoms with Gasteiger partial charge in [0.2, 0.25) is 0 Å². The lowest BCUT2D eigenvalue weighted by Crippen LogP contribution is -2.28. The molecule has 2 rings (SSSR count). The van der Waals surface area contributed by atoms with E-state index in [0.29, 0.717) is 19.0 Å². The normalized spacial score (nSPS) is 20.9. The van der Waals surface area contributed by atoms with Gasteiger partial charge in [0.1, 0.15) is 6.10 Å². The average Bonchev–Trinajstić information content (AvgIpc) is 2.24. The molecule has 1 heterocycles. The summed E-state index contributed by atoms with van der Waals surface area (Å²) in [5.74, 6) is 0.664. The summed E-state index contributed by atoms with van der Waals surface area (Å²) in [4.78, 5) is 0. The van der Waals surface area contributed by atoms with Crippen molar-refractivity contribution in [2.24, 2.45) is 0 Å². The number of aromatic hydroxyl groups is 1. The van der Waals surface area contributed by atoms with Gasteiger partial charge in [-0.2, -0.15) is 0 Å². The Balaban J connectivity index is 2.12. The minimum Gasteiger partial charge on any atom is -0.504 e. The maximum atomic E-state index is 9.54. The van der Waals surface area contributed by atoms with E-state index in [2.05, 4.69) is 0 Å². The summed E-state index contributed by atoms with van der Waals surface area (Å²) in [6.45, 7) is 3.19. The quantitative estimate of drug-likeness (QED) is 0.753. The van der Waals surface area contributed by atoms with E-state index in [0.717, 1.165) is 5.57 Å². The molecule has 3 nitrogen and oxygen atoms in total. The summed E-state index contributed by atoms with van der Waals surface area (Å²) in [5, 5.41) is 9.54. The lowest BCUT2D eigenvalue weighted by atomic mass is 10.1. The smallest absolute Gasteiger partial charge is 0.161 e. The van der Waals surface area contributed by atoms with Crippen LogP contribution in [0, 0.1) is 0 Å². The molecule has 1 aromatic rings. The number of rotatable bonds is 2. The van der Waals surface area contributed by atoms with E-state index in [9.17, 15) is 5.11 Å². The largest absolute Gasteiger partial charge is 0.504 e. The van der Waals surface area contributed by atoms with Crippen LogP contribution in [0.3, 0.4) is 0 Å². The topological polar surface area (TPSA) is 38.7 Å². The predicted molar refractivity (Wildman–Crippen MR) is 57.1 cm³/mol. The molecule has 1 aromatic carbocycles. The zero-order valence-corrected chi connectivity index (χ0v) is 8.64. The molecule has 0 aromatic heterocycles. The van der Waals surface area contributed by atoms with Crippen molar-refractivity contribution in [1.29, 1.82) is 0 Å². The number of phenolic OH excluding ortho intramolecular Hbond substituents is 1. The van der Waals surface area contributed by atoms with E-state index >= 15 is 0 Å². The Morgan fingerprint density at radius 2 is 2.20 bits per heavy atom. The van der Waals surface area contributed by atoms with Crippen LogP contribution in [0.2, 0.25) is 0 Å². The average molecular weight is 206 g/mol. The van der Waals surface area contributed by atoms with Gasteiger partial charge in [0.25, 0.3) is 0 Å². The molecule has 0 fully saturated rings. The fourth-order valence-electron chi connectivity index (χ4n) is 1.47. The number of benzene rings is 1. The molecule has 1 aliphatic heterocycles. The molecule has 1 atom stereocenters. The van der Waals surface area contributed by atoms with Crippen molar-refractivity contribution >= 4 is 0 Å². The zero-order valence-electron chi connectivity index (χ0n) is 8.64. The van der Waals surface area contributed by atoms with Crippen molar-refractivity contribution in [3.63, 3.8) is 0 Å². The van der Waals surface area contributed by atoms with Gasteiger partial charge >= 0.3 is 0 Å². The molecule has 0 aliphatic carbocycles. The van der Waals surface area contributed by atoms with Crippen molar-refractivity contribution in [3.05, 3.63) is 35.9 Å². The van der Waals surface area contributed by atoms with Crippen LogP contribution in [0.5, 0.6) is 11.5 Å². The van der Waals surface area contributed by atoms with Gasteiger partial charge < -0.3 is 14.6 Å². The van der Waals surface area contributed by atoms with E-state index in [-0.39, 0.29) is 11.9 Å². The van der Waals surface area contributed by atoms with Gasteiger partial charge in [-0.1, -0.05) is 18.2 Å². The molecule has 0 radical (unpaired) electrons. The maximum Gasteiger partial charge on any atom is 0.161 e. The molecule has 0 amide bonds. The number of phenols is 1. The number of hydrogen-bond acceptors (Lipinski definition) is 3. The molecule has 1 N–H and O–H groups in total. The van der Waals surface area contributed by atoms with Crippen LogP contribution in [-0.2, 0) is 4.74 Å². The summed E-state index contributed by atoms with van der Waals surface area (Å²) in [5.41, 5.74) is 1.14. The second-order valence-electron chi connectivity index (χ2n) is 3.56. The van der Waals surface area contributed by atoms with Crippen LogP contribution < -0.4 is 4.74 Å². The third kappa shape index (κ3) is 2.30. The Labute approximate surface area is 88.9 Å². The van der Waals surface area contributed by atoms with E-state index in [1.54, 1.807) is 18.2 Å². The summed E-state index contributed by atoms with van der Waals surface area (Å²) in [6.07, 6.45) is 1.90. The molecule has 0 spiro atoms. The standard InChI is InChI=1S/C12H14O3/c1-9-6-7-14-8-12(9)15-11-5-3-2-4-10(11)13/h2-6,12-13H,7-8H2,1H3. The summed E-state index contributed by atoms with van der Waals surface area (Å²) in [6, 6.07) is 6.95. The third-order valence-corrected chi connectivity index (χ3v) is 2.43. The summed E-state index contributed by atoms with van der Waals surface area (Å²) >= 11 is 0. The highest BCUT2D eigenvalue weighted by molar-refractivity contribution is 5.38. The highest BCUT2D eigenvalue weighted by atomic mass is 16.5. The first-order valence-corrected chi connectivity index (χ1v) is 4.96. The molecule has 1 unspecified atom stereocenters. The third-order valence-electron chi connectivity index (χ3n) is 2.43. The van der Waals surface area contributed by atoms with Gasteiger partial charge in [-0.25, -0.2) is 0 Å². The SMILES string of the molecule is CC1=CCOCC1Oc1ccccc1O. The van der Waals surface area contributed by atoms with E-state index < -0.39 is 0 Å². The van der Waals surface area contributed by atoms with Crippen molar-refractivity contribution in [1.82, 2.24) is 0 Å². The van der Waals surface area contributed by atoms with Gasteiger partial charge in [-0.3, -0.25) is 0 Å². The molecule has 0 saturated heterocycles. The molecular formula is C12H14O3. The molecule has 80 valence electrons. The Kier molecular flexibility index (Phi) is 2.92. The Morgan fingerprint density at radius 1 is 1.40 bits per heavy atom. The van der Waals surface area contributed by atoms with Gasteiger partial charge in [-0.05, 0) is 24.6 Å². The Bertz CT molecular complexity index is 371. The highest BCUT2D eigenvalue weighted by Crippen LogP contribution is 2.27. The Hall–Kier alpha value is -1.48. The van der Waals surface area contributed by atoms with Crippen LogP contribution in [0.1, 0.15) is 6.92 Å². The van der Waals surface area contributed by atoms with Crippen molar-refractivity contribution in [2.45, 2.75) is 13.0 Å². The predicted octanol–water partition coefficient (Wildman–Crippen LogP) is 2.12. The molecule has 0 bridgehead atoms. The fourth-order valence-corrected chi connectivity index (χ4v) is 1.47. The lowest BCUT2D eigenvalue weighted by molar-refractivity contribution is 0.0667. The van der Waals surface area contributed by atoms with Crippen LogP contribution >= 0.6 is 0 Å². The molecule has 15 heavy (non-hydrogen) atoms. The van der Waals surface area contributed by atoms with Crippen molar-refractivity contribution < 1.29 is 14.6 Å². The van der Waals surface area contributed by atoms with Crippen LogP contribution in [0.15, 0.2) is 35.9 Å². The molecule has 1 aliphatic rings. The van der Waals surface area contributed by atoms with Crippen LogP contribution in [-0.4, -0.2) is 24.4 Å². The lowest BCUT2D eigenvalue weighted by Gasteiger charge is -2.23. The summed E-state index contributed by atoms with van der Waals surface area (Å²) < 4.78 is 10.9. The first-order valence-electron chi connectivity index (χ1n) is 4.96. The molecule has 3 heteroatoms. The van der Waals surface area contributed by atoms with Gasteiger partial charge in [0.05, 0.1) is 13.2 Å².